The van der Waals surface area contributed by atoms with E-state index in [1.165, 1.54) is 5.57 Å². The van der Waals surface area contributed by atoms with Crippen LogP contribution in [0.5, 0.6) is 0 Å². The van der Waals surface area contributed by atoms with Crippen LogP contribution in [0.2, 0.25) is 0 Å². The highest BCUT2D eigenvalue weighted by Gasteiger charge is 2.70. The molecule has 1 aromatic rings. The highest BCUT2D eigenvalue weighted by Crippen LogP contribution is 2.75. The number of carbonyl (C=O) groups excluding carboxylic acids is 2. The molecule has 0 amide bonds. The van der Waals surface area contributed by atoms with Gasteiger partial charge in [-0.15, -0.1) is 0 Å². The van der Waals surface area contributed by atoms with Crippen LogP contribution in [0.4, 0.5) is 0 Å². The summed E-state index contributed by atoms with van der Waals surface area (Å²) in [5, 5.41) is 4.78. The molecule has 0 heterocycles. The predicted molar refractivity (Wildman–Crippen MR) is 190 cm³/mol. The molecule has 4 fully saturated rings. The van der Waals surface area contributed by atoms with Crippen LogP contribution in [0, 0.1) is 50.2 Å². The minimum atomic E-state index is -0.498. The minimum Gasteiger partial charge on any atom is -0.466 e. The molecule has 0 bridgehead atoms. The summed E-state index contributed by atoms with van der Waals surface area (Å²) < 4.78 is 7.61. The van der Waals surface area contributed by atoms with Crippen molar-refractivity contribution in [2.24, 2.45) is 55.4 Å². The highest BCUT2D eigenvalue weighted by molar-refractivity contribution is 9.11. The normalized spacial score (nSPS) is 42.2. The molecular weight excluding hydrogens is 706 g/mol. The number of oxime groups is 1. The van der Waals surface area contributed by atoms with Crippen LogP contribution in [-0.4, -0.2) is 24.1 Å². The monoisotopic (exact) mass is 757 g/mol. The summed E-state index contributed by atoms with van der Waals surface area (Å²) in [7, 11) is 0. The fraction of sp³-hybridized carbons (Fsp3) is 0.718. The summed E-state index contributed by atoms with van der Waals surface area (Å²) in [5.41, 5.74) is 2.63. The lowest BCUT2D eigenvalue weighted by Crippen LogP contribution is -2.66. The standard InChI is InChI=1S/C39H53Br2NO4/c1-9-45-33(44)36(5)15-14-35(4)16-17-38(7)27(28(35)22-36)21-29(43)32-37(6)12-11-31(34(2,3)30(37)10-13-39(32,38)8)42-46-23-24-18-25(40)20-26(41)19-24/h18-21,28,30,32H,9-17,22-23H2,1-8H3/b42-31+/t28-,30-,32+,35+,36-,37-,38+,39+/m0/s1. The second kappa shape index (κ2) is 11.6. The number of ether oxygens (including phenoxy) is 1. The Bertz CT molecular complexity index is 1480. The van der Waals surface area contributed by atoms with Gasteiger partial charge in [0, 0.05) is 20.3 Å². The maximum Gasteiger partial charge on any atom is 0.311 e. The number of halogens is 2. The van der Waals surface area contributed by atoms with E-state index in [0.29, 0.717) is 24.9 Å². The Morgan fingerprint density at radius 1 is 0.935 bits per heavy atom. The lowest BCUT2D eigenvalue weighted by Gasteiger charge is -2.70. The fourth-order valence-electron chi connectivity index (χ4n) is 11.5. The number of carbonyl (C=O) groups is 2. The molecule has 5 nitrogen and oxygen atoms in total. The summed E-state index contributed by atoms with van der Waals surface area (Å²) in [4.78, 5) is 33.9. The predicted octanol–water partition coefficient (Wildman–Crippen LogP) is 10.6. The molecule has 0 saturated heterocycles. The van der Waals surface area contributed by atoms with Crippen molar-refractivity contribution in [3.63, 3.8) is 0 Å². The van der Waals surface area contributed by atoms with Crippen LogP contribution in [-0.2, 0) is 25.8 Å². The molecular formula is C39H53Br2NO4. The molecule has 8 atom stereocenters. The highest BCUT2D eigenvalue weighted by atomic mass is 79.9. The Labute approximate surface area is 293 Å². The van der Waals surface area contributed by atoms with Gasteiger partial charge >= 0.3 is 5.97 Å². The van der Waals surface area contributed by atoms with Gasteiger partial charge in [0.2, 0.25) is 0 Å². The second-order valence-electron chi connectivity index (χ2n) is 17.3. The van der Waals surface area contributed by atoms with Crippen LogP contribution >= 0.6 is 31.9 Å². The number of ketones is 1. The van der Waals surface area contributed by atoms with E-state index >= 15 is 0 Å². The van der Waals surface area contributed by atoms with Gasteiger partial charge in [0.25, 0.3) is 0 Å². The van der Waals surface area contributed by atoms with E-state index in [2.05, 4.69) is 98.5 Å². The summed E-state index contributed by atoms with van der Waals surface area (Å²) >= 11 is 7.14. The van der Waals surface area contributed by atoms with Gasteiger partial charge in [-0.1, -0.05) is 84.1 Å². The zero-order valence-corrected chi connectivity index (χ0v) is 32.3. The van der Waals surface area contributed by atoms with Crippen molar-refractivity contribution in [3.05, 3.63) is 44.4 Å². The molecule has 1 aromatic carbocycles. The Kier molecular flexibility index (Phi) is 8.64. The van der Waals surface area contributed by atoms with Crippen molar-refractivity contribution in [1.29, 1.82) is 0 Å². The topological polar surface area (TPSA) is 65.0 Å². The van der Waals surface area contributed by atoms with Crippen molar-refractivity contribution in [2.45, 2.75) is 120 Å². The molecule has 0 aliphatic heterocycles. The van der Waals surface area contributed by atoms with Crippen molar-refractivity contribution < 1.29 is 19.2 Å². The van der Waals surface area contributed by atoms with Gasteiger partial charge in [-0.25, -0.2) is 0 Å². The van der Waals surface area contributed by atoms with E-state index < -0.39 is 5.41 Å². The van der Waals surface area contributed by atoms with Gasteiger partial charge in [-0.3, -0.25) is 9.59 Å². The molecule has 0 spiro atoms. The zero-order chi connectivity index (χ0) is 33.5. The van der Waals surface area contributed by atoms with Gasteiger partial charge in [0.1, 0.15) is 6.61 Å². The Morgan fingerprint density at radius 3 is 2.28 bits per heavy atom. The molecule has 4 saturated carbocycles. The third kappa shape index (κ3) is 5.13. The second-order valence-corrected chi connectivity index (χ2v) is 19.1. The van der Waals surface area contributed by atoms with Crippen LogP contribution in [0.25, 0.3) is 0 Å². The maximum absolute atomic E-state index is 14.7. The lowest BCUT2D eigenvalue weighted by molar-refractivity contribution is -0.177. The third-order valence-corrected chi connectivity index (χ3v) is 15.4. The van der Waals surface area contributed by atoms with Crippen LogP contribution in [0.3, 0.4) is 0 Å². The molecule has 0 aromatic heterocycles. The van der Waals surface area contributed by atoms with E-state index in [9.17, 15) is 9.59 Å². The molecule has 6 rings (SSSR count). The van der Waals surface area contributed by atoms with E-state index in [-0.39, 0.29) is 44.9 Å². The van der Waals surface area contributed by atoms with Crippen molar-refractivity contribution in [1.82, 2.24) is 0 Å². The van der Waals surface area contributed by atoms with Gasteiger partial charge in [-0.2, -0.15) is 0 Å². The molecule has 0 unspecified atom stereocenters. The van der Waals surface area contributed by atoms with E-state index in [0.717, 1.165) is 78.0 Å². The first-order valence-corrected chi connectivity index (χ1v) is 19.1. The summed E-state index contributed by atoms with van der Waals surface area (Å²) in [6.07, 6.45) is 10.9. The third-order valence-electron chi connectivity index (χ3n) is 14.5. The maximum atomic E-state index is 14.7. The number of allylic oxidation sites excluding steroid dienone is 2. The van der Waals surface area contributed by atoms with Crippen LogP contribution in [0.15, 0.2) is 43.9 Å². The average molecular weight is 760 g/mol. The fourth-order valence-corrected chi connectivity index (χ4v) is 12.9. The Hall–Kier alpha value is -1.47. The number of esters is 1. The first kappa shape index (κ1) is 34.4. The number of hydrogen-bond acceptors (Lipinski definition) is 5. The molecule has 46 heavy (non-hydrogen) atoms. The summed E-state index contributed by atoms with van der Waals surface area (Å²) in [6, 6.07) is 6.14. The molecule has 5 aliphatic carbocycles. The number of nitrogens with zero attached hydrogens (tertiary/aromatic N) is 1. The quantitative estimate of drug-likeness (QED) is 0.222. The lowest BCUT2D eigenvalue weighted by atomic mass is 9.33. The van der Waals surface area contributed by atoms with E-state index in [1.54, 1.807) is 0 Å². The number of rotatable bonds is 5. The van der Waals surface area contributed by atoms with Gasteiger partial charge in [0.05, 0.1) is 17.7 Å². The van der Waals surface area contributed by atoms with Gasteiger partial charge < -0.3 is 9.57 Å². The molecule has 7 heteroatoms. The van der Waals surface area contributed by atoms with E-state index in [4.69, 9.17) is 14.7 Å². The minimum absolute atomic E-state index is 0.0300. The molecule has 252 valence electrons. The zero-order valence-electron chi connectivity index (χ0n) is 29.2. The smallest absolute Gasteiger partial charge is 0.311 e. The van der Waals surface area contributed by atoms with Gasteiger partial charge in [0.15, 0.2) is 5.78 Å². The van der Waals surface area contributed by atoms with Crippen molar-refractivity contribution in [2.75, 3.05) is 6.61 Å². The van der Waals surface area contributed by atoms with Gasteiger partial charge in [-0.05, 0) is 135 Å². The van der Waals surface area contributed by atoms with Crippen LogP contribution < -0.4 is 0 Å². The summed E-state index contributed by atoms with van der Waals surface area (Å²) in [6.45, 7) is 19.3. The number of benzene rings is 1. The van der Waals surface area contributed by atoms with E-state index in [1.807, 2.05) is 13.0 Å². The Balaban J connectivity index is 1.30. The van der Waals surface area contributed by atoms with Crippen molar-refractivity contribution >= 4 is 49.3 Å². The van der Waals surface area contributed by atoms with Crippen LogP contribution in [0.1, 0.15) is 119 Å². The largest absolute Gasteiger partial charge is 0.466 e. The molecule has 0 radical (unpaired) electrons. The first-order chi connectivity index (χ1) is 21.4. The summed E-state index contributed by atoms with van der Waals surface area (Å²) in [5.74, 6) is 0.790. The average Bonchev–Trinajstić information content (AvgIpc) is 2.96. The first-order valence-electron chi connectivity index (χ1n) is 17.5. The number of fused-ring (bicyclic) bond motifs is 7. The number of hydrogen-bond donors (Lipinski definition) is 0. The van der Waals surface area contributed by atoms with Crippen molar-refractivity contribution in [3.8, 4) is 0 Å². The Morgan fingerprint density at radius 2 is 1.61 bits per heavy atom. The molecule has 0 N–H and O–H groups in total. The molecule has 5 aliphatic rings. The SMILES string of the molecule is CCOC(=O)[C@@]1(C)CC[C@]2(C)CC[C@]3(C)C(=CC(=O)[C@@H]4[C@@]5(C)CC/C(=N\OCc6cc(Br)cc(Br)c6)C(C)(C)[C@@H]5CC[C@]43C)[C@@H]2C1.